The summed E-state index contributed by atoms with van der Waals surface area (Å²) in [4.78, 5) is 14.8. The second kappa shape index (κ2) is 8.01. The number of rotatable bonds is 7. The summed E-state index contributed by atoms with van der Waals surface area (Å²) in [6.07, 6.45) is 1.71. The number of aryl methyl sites for hydroxylation is 1. The van der Waals surface area contributed by atoms with Crippen LogP contribution in [-0.4, -0.2) is 45.9 Å². The van der Waals surface area contributed by atoms with Gasteiger partial charge < -0.3 is 14.7 Å². The van der Waals surface area contributed by atoms with E-state index in [1.807, 2.05) is 50.2 Å². The van der Waals surface area contributed by atoms with Crippen molar-refractivity contribution in [2.45, 2.75) is 20.4 Å². The maximum absolute atomic E-state index is 13.1. The van der Waals surface area contributed by atoms with Crippen molar-refractivity contribution in [2.24, 2.45) is 0 Å². The number of aromatic amines is 1. The third-order valence-corrected chi connectivity index (χ3v) is 4.16. The van der Waals surface area contributed by atoms with Gasteiger partial charge in [0.05, 0.1) is 30.5 Å². The second-order valence-corrected chi connectivity index (χ2v) is 6.18. The number of aliphatic hydroxyl groups excluding tert-OH is 1. The highest BCUT2D eigenvalue weighted by Gasteiger charge is 2.20. The Morgan fingerprint density at radius 2 is 2.15 bits per heavy atom. The zero-order valence-corrected chi connectivity index (χ0v) is 15.0. The molecule has 1 aromatic heterocycles. The Morgan fingerprint density at radius 1 is 1.31 bits per heavy atom. The number of hydrogen-bond donors (Lipinski definition) is 2. The van der Waals surface area contributed by atoms with Crippen LogP contribution in [0.1, 0.15) is 28.4 Å². The SMILES string of the molecule is CCOc1cccc(CN(CCO)C(=O)c2cc(C)cc3cn[nH]c23)c1. The maximum atomic E-state index is 13.1. The van der Waals surface area contributed by atoms with Gasteiger partial charge in [-0.3, -0.25) is 9.89 Å². The van der Waals surface area contributed by atoms with E-state index in [1.165, 1.54) is 0 Å². The summed E-state index contributed by atoms with van der Waals surface area (Å²) >= 11 is 0. The van der Waals surface area contributed by atoms with Crippen LogP contribution in [-0.2, 0) is 6.54 Å². The number of fused-ring (bicyclic) bond motifs is 1. The number of hydrogen-bond acceptors (Lipinski definition) is 4. The van der Waals surface area contributed by atoms with Crippen molar-refractivity contribution >= 4 is 16.8 Å². The Balaban J connectivity index is 1.90. The fourth-order valence-corrected chi connectivity index (χ4v) is 3.04. The lowest BCUT2D eigenvalue weighted by Crippen LogP contribution is -2.33. The quantitative estimate of drug-likeness (QED) is 0.685. The van der Waals surface area contributed by atoms with E-state index in [0.717, 1.165) is 22.3 Å². The molecule has 0 aliphatic rings. The summed E-state index contributed by atoms with van der Waals surface area (Å²) in [5.74, 6) is 0.631. The molecular weight excluding hydrogens is 330 g/mol. The van der Waals surface area contributed by atoms with Crippen molar-refractivity contribution in [3.8, 4) is 5.75 Å². The molecule has 0 bridgehead atoms. The fourth-order valence-electron chi connectivity index (χ4n) is 3.04. The zero-order chi connectivity index (χ0) is 18.5. The first-order valence-corrected chi connectivity index (χ1v) is 8.68. The summed E-state index contributed by atoms with van der Waals surface area (Å²) in [7, 11) is 0. The van der Waals surface area contributed by atoms with Crippen molar-refractivity contribution in [3.63, 3.8) is 0 Å². The molecule has 3 aromatic rings. The maximum Gasteiger partial charge on any atom is 0.256 e. The minimum absolute atomic E-state index is 0.102. The third kappa shape index (κ3) is 3.86. The Labute approximate surface area is 152 Å². The standard InChI is InChI=1S/C20H23N3O3/c1-3-26-17-6-4-5-15(11-17)13-23(7-8-24)20(25)18-10-14(2)9-16-12-21-22-19(16)18/h4-6,9-12,24H,3,7-8,13H2,1-2H3,(H,21,22). The molecule has 1 heterocycles. The van der Waals surface area contributed by atoms with Gasteiger partial charge in [-0.2, -0.15) is 5.10 Å². The van der Waals surface area contributed by atoms with Crippen LogP contribution < -0.4 is 4.74 Å². The van der Waals surface area contributed by atoms with E-state index in [2.05, 4.69) is 10.2 Å². The van der Waals surface area contributed by atoms with E-state index in [0.29, 0.717) is 24.2 Å². The molecule has 26 heavy (non-hydrogen) atoms. The van der Waals surface area contributed by atoms with Gasteiger partial charge in [0.25, 0.3) is 5.91 Å². The molecule has 3 rings (SSSR count). The van der Waals surface area contributed by atoms with Crippen LogP contribution in [0.4, 0.5) is 0 Å². The van der Waals surface area contributed by atoms with Crippen LogP contribution in [0.3, 0.4) is 0 Å². The van der Waals surface area contributed by atoms with Gasteiger partial charge in [0.2, 0.25) is 0 Å². The van der Waals surface area contributed by atoms with Crippen molar-refractivity contribution in [1.29, 1.82) is 0 Å². The van der Waals surface area contributed by atoms with Gasteiger partial charge in [-0.25, -0.2) is 0 Å². The van der Waals surface area contributed by atoms with Gasteiger partial charge in [-0.15, -0.1) is 0 Å². The lowest BCUT2D eigenvalue weighted by atomic mass is 10.1. The normalized spacial score (nSPS) is 10.9. The number of ether oxygens (including phenoxy) is 1. The molecule has 0 radical (unpaired) electrons. The number of aromatic nitrogens is 2. The predicted octanol–water partition coefficient (Wildman–Crippen LogP) is 2.90. The van der Waals surface area contributed by atoms with E-state index in [4.69, 9.17) is 4.74 Å². The summed E-state index contributed by atoms with van der Waals surface area (Å²) in [6, 6.07) is 11.5. The van der Waals surface area contributed by atoms with Crippen LogP contribution in [0.2, 0.25) is 0 Å². The van der Waals surface area contributed by atoms with Crippen LogP contribution in [0.5, 0.6) is 5.75 Å². The Hall–Kier alpha value is -2.86. The van der Waals surface area contributed by atoms with Crippen molar-refractivity contribution in [1.82, 2.24) is 15.1 Å². The number of aliphatic hydroxyl groups is 1. The van der Waals surface area contributed by atoms with Crippen molar-refractivity contribution in [2.75, 3.05) is 19.8 Å². The van der Waals surface area contributed by atoms with Gasteiger partial charge in [-0.1, -0.05) is 12.1 Å². The summed E-state index contributed by atoms with van der Waals surface area (Å²) in [5, 5.41) is 17.3. The van der Waals surface area contributed by atoms with Gasteiger partial charge in [0.15, 0.2) is 0 Å². The molecule has 0 saturated carbocycles. The predicted molar refractivity (Wildman–Crippen MR) is 100 cm³/mol. The lowest BCUT2D eigenvalue weighted by molar-refractivity contribution is 0.0709. The molecule has 0 fully saturated rings. The number of carbonyl (C=O) groups excluding carboxylic acids is 1. The van der Waals surface area contributed by atoms with Crippen molar-refractivity contribution < 1.29 is 14.6 Å². The third-order valence-electron chi connectivity index (χ3n) is 4.16. The van der Waals surface area contributed by atoms with Crippen LogP contribution >= 0.6 is 0 Å². The highest BCUT2D eigenvalue weighted by molar-refractivity contribution is 6.05. The zero-order valence-electron chi connectivity index (χ0n) is 15.0. The first kappa shape index (κ1) is 17.9. The molecule has 136 valence electrons. The average molecular weight is 353 g/mol. The number of benzene rings is 2. The number of H-pyrrole nitrogens is 1. The Kier molecular flexibility index (Phi) is 5.53. The van der Waals surface area contributed by atoms with E-state index in [9.17, 15) is 9.90 Å². The largest absolute Gasteiger partial charge is 0.494 e. The minimum atomic E-state index is -0.140. The van der Waals surface area contributed by atoms with E-state index < -0.39 is 0 Å². The first-order valence-electron chi connectivity index (χ1n) is 8.68. The molecule has 0 spiro atoms. The van der Waals surface area contributed by atoms with Gasteiger partial charge >= 0.3 is 0 Å². The average Bonchev–Trinajstić information content (AvgIpc) is 3.09. The molecule has 6 nitrogen and oxygen atoms in total. The highest BCUT2D eigenvalue weighted by Crippen LogP contribution is 2.22. The molecule has 0 aliphatic carbocycles. The Bertz CT molecular complexity index is 904. The van der Waals surface area contributed by atoms with E-state index >= 15 is 0 Å². The first-order chi connectivity index (χ1) is 12.6. The number of nitrogens with one attached hydrogen (secondary N) is 1. The second-order valence-electron chi connectivity index (χ2n) is 6.18. The number of nitrogens with zero attached hydrogens (tertiary/aromatic N) is 2. The van der Waals surface area contributed by atoms with E-state index in [1.54, 1.807) is 11.1 Å². The molecule has 1 amide bonds. The summed E-state index contributed by atoms with van der Waals surface area (Å²) in [5.41, 5.74) is 3.22. The van der Waals surface area contributed by atoms with Crippen molar-refractivity contribution in [3.05, 3.63) is 59.3 Å². The smallest absolute Gasteiger partial charge is 0.256 e. The molecule has 0 unspecified atom stereocenters. The molecular formula is C20H23N3O3. The lowest BCUT2D eigenvalue weighted by Gasteiger charge is -2.23. The molecule has 2 aromatic carbocycles. The fraction of sp³-hybridized carbons (Fsp3) is 0.300. The summed E-state index contributed by atoms with van der Waals surface area (Å²) < 4.78 is 5.53. The molecule has 0 aliphatic heterocycles. The van der Waals surface area contributed by atoms with E-state index in [-0.39, 0.29) is 19.1 Å². The number of amides is 1. The van der Waals surface area contributed by atoms with Crippen LogP contribution in [0, 0.1) is 6.92 Å². The molecule has 0 atom stereocenters. The number of carbonyl (C=O) groups is 1. The monoisotopic (exact) mass is 353 g/mol. The van der Waals surface area contributed by atoms with Crippen LogP contribution in [0.25, 0.3) is 10.9 Å². The van der Waals surface area contributed by atoms with Gasteiger partial charge in [0, 0.05) is 18.5 Å². The molecule has 0 saturated heterocycles. The summed E-state index contributed by atoms with van der Waals surface area (Å²) in [6.45, 7) is 5.01. The topological polar surface area (TPSA) is 78.5 Å². The highest BCUT2D eigenvalue weighted by atomic mass is 16.5. The van der Waals surface area contributed by atoms with Crippen LogP contribution in [0.15, 0.2) is 42.6 Å². The van der Waals surface area contributed by atoms with Gasteiger partial charge in [0.1, 0.15) is 5.75 Å². The minimum Gasteiger partial charge on any atom is -0.494 e. The molecule has 2 N–H and O–H groups in total. The van der Waals surface area contributed by atoms with Gasteiger partial charge in [-0.05, 0) is 49.2 Å². The molecule has 6 heteroatoms. The Morgan fingerprint density at radius 3 is 2.92 bits per heavy atom.